The summed E-state index contributed by atoms with van der Waals surface area (Å²) >= 11 is 9.56. The van der Waals surface area contributed by atoms with E-state index in [9.17, 15) is 0 Å². The van der Waals surface area contributed by atoms with Crippen LogP contribution in [0.3, 0.4) is 0 Å². The topological polar surface area (TPSA) is 17.0 Å². The first-order valence-electron chi connectivity index (χ1n) is 5.53. The van der Waals surface area contributed by atoms with Gasteiger partial charge in [-0.1, -0.05) is 27.5 Å². The molecule has 4 heteroatoms. The van der Waals surface area contributed by atoms with Crippen LogP contribution in [0.4, 0.5) is 5.69 Å². The van der Waals surface area contributed by atoms with Gasteiger partial charge in [0.1, 0.15) is 0 Å². The average Bonchev–Trinajstić information content (AvgIpc) is 2.77. The standard InChI is InChI=1S/C13H14BrClN2/c1-2-17-7-3-4-11(17)9-16-13-8-10(14)5-6-12(13)15/h3-8,16H,2,9H2,1H3. The fourth-order valence-corrected chi connectivity index (χ4v) is 2.28. The fraction of sp³-hybridized carbons (Fsp3) is 0.231. The second-order valence-electron chi connectivity index (χ2n) is 3.76. The number of aromatic nitrogens is 1. The summed E-state index contributed by atoms with van der Waals surface area (Å²) in [6.07, 6.45) is 2.08. The summed E-state index contributed by atoms with van der Waals surface area (Å²) in [7, 11) is 0. The molecular weight excluding hydrogens is 300 g/mol. The molecule has 0 spiro atoms. The number of nitrogens with zero attached hydrogens (tertiary/aromatic N) is 1. The number of benzene rings is 1. The van der Waals surface area contributed by atoms with Crippen LogP contribution < -0.4 is 5.32 Å². The van der Waals surface area contributed by atoms with Crippen LogP contribution in [-0.4, -0.2) is 4.57 Å². The first-order chi connectivity index (χ1) is 8.20. The minimum Gasteiger partial charge on any atom is -0.378 e. The molecule has 0 saturated heterocycles. The molecule has 0 atom stereocenters. The Balaban J connectivity index is 2.09. The normalized spacial score (nSPS) is 10.5. The van der Waals surface area contributed by atoms with Crippen molar-refractivity contribution >= 4 is 33.2 Å². The quantitative estimate of drug-likeness (QED) is 0.877. The van der Waals surface area contributed by atoms with Crippen molar-refractivity contribution in [3.8, 4) is 0 Å². The third-order valence-corrected chi connectivity index (χ3v) is 3.48. The number of aryl methyl sites for hydroxylation is 1. The molecule has 2 nitrogen and oxygen atoms in total. The number of hydrogen-bond acceptors (Lipinski definition) is 1. The third kappa shape index (κ3) is 3.05. The van der Waals surface area contributed by atoms with E-state index in [-0.39, 0.29) is 0 Å². The Kier molecular flexibility index (Phi) is 4.13. The van der Waals surface area contributed by atoms with E-state index in [1.807, 2.05) is 18.2 Å². The van der Waals surface area contributed by atoms with E-state index in [2.05, 4.69) is 51.1 Å². The van der Waals surface area contributed by atoms with Gasteiger partial charge in [-0.05, 0) is 37.3 Å². The Morgan fingerprint density at radius 1 is 1.35 bits per heavy atom. The molecule has 0 radical (unpaired) electrons. The van der Waals surface area contributed by atoms with Gasteiger partial charge >= 0.3 is 0 Å². The Morgan fingerprint density at radius 3 is 2.94 bits per heavy atom. The Labute approximate surface area is 115 Å². The second kappa shape index (κ2) is 5.61. The van der Waals surface area contributed by atoms with Crippen molar-refractivity contribution in [2.45, 2.75) is 20.0 Å². The van der Waals surface area contributed by atoms with Gasteiger partial charge in [-0.3, -0.25) is 0 Å². The summed E-state index contributed by atoms with van der Waals surface area (Å²) in [5.41, 5.74) is 2.20. The van der Waals surface area contributed by atoms with Crippen molar-refractivity contribution in [2.24, 2.45) is 0 Å². The minimum absolute atomic E-state index is 0.739. The summed E-state index contributed by atoms with van der Waals surface area (Å²) in [5.74, 6) is 0. The molecule has 0 saturated carbocycles. The van der Waals surface area contributed by atoms with Crippen LogP contribution in [0.5, 0.6) is 0 Å². The van der Waals surface area contributed by atoms with Gasteiger partial charge in [-0.15, -0.1) is 0 Å². The van der Waals surface area contributed by atoms with Gasteiger partial charge in [0.25, 0.3) is 0 Å². The predicted molar refractivity (Wildman–Crippen MR) is 76.6 cm³/mol. The molecule has 1 N–H and O–H groups in total. The van der Waals surface area contributed by atoms with Crippen LogP contribution in [0.15, 0.2) is 41.0 Å². The lowest BCUT2D eigenvalue weighted by atomic mass is 10.3. The van der Waals surface area contributed by atoms with Crippen LogP contribution in [-0.2, 0) is 13.1 Å². The zero-order valence-corrected chi connectivity index (χ0v) is 11.9. The van der Waals surface area contributed by atoms with Crippen molar-refractivity contribution in [1.29, 1.82) is 0 Å². The number of nitrogens with one attached hydrogen (secondary N) is 1. The highest BCUT2D eigenvalue weighted by Gasteiger charge is 2.03. The number of anilines is 1. The van der Waals surface area contributed by atoms with Gasteiger partial charge in [0, 0.05) is 22.9 Å². The third-order valence-electron chi connectivity index (χ3n) is 2.65. The van der Waals surface area contributed by atoms with E-state index in [1.54, 1.807) is 0 Å². The highest BCUT2D eigenvalue weighted by atomic mass is 79.9. The largest absolute Gasteiger partial charge is 0.378 e. The van der Waals surface area contributed by atoms with Crippen LogP contribution in [0.2, 0.25) is 5.02 Å². The zero-order chi connectivity index (χ0) is 12.3. The van der Waals surface area contributed by atoms with Gasteiger partial charge in [0.05, 0.1) is 17.3 Å². The molecule has 0 aliphatic heterocycles. The minimum atomic E-state index is 0.739. The van der Waals surface area contributed by atoms with E-state index in [1.165, 1.54) is 5.69 Å². The molecule has 0 fully saturated rings. The van der Waals surface area contributed by atoms with Crippen molar-refractivity contribution in [3.63, 3.8) is 0 Å². The lowest BCUT2D eigenvalue weighted by Gasteiger charge is -2.11. The van der Waals surface area contributed by atoms with Crippen molar-refractivity contribution in [2.75, 3.05) is 5.32 Å². The van der Waals surface area contributed by atoms with Gasteiger partial charge < -0.3 is 9.88 Å². The highest BCUT2D eigenvalue weighted by Crippen LogP contribution is 2.26. The van der Waals surface area contributed by atoms with E-state index < -0.39 is 0 Å². The zero-order valence-electron chi connectivity index (χ0n) is 9.58. The summed E-state index contributed by atoms with van der Waals surface area (Å²) in [6, 6.07) is 9.97. The fourth-order valence-electron chi connectivity index (χ4n) is 1.74. The monoisotopic (exact) mass is 312 g/mol. The molecule has 90 valence electrons. The van der Waals surface area contributed by atoms with Crippen molar-refractivity contribution < 1.29 is 0 Å². The summed E-state index contributed by atoms with van der Waals surface area (Å²) in [6.45, 7) is 3.89. The number of rotatable bonds is 4. The lowest BCUT2D eigenvalue weighted by molar-refractivity contribution is 0.724. The highest BCUT2D eigenvalue weighted by molar-refractivity contribution is 9.10. The maximum absolute atomic E-state index is 6.12. The predicted octanol–water partition coefficient (Wildman–Crippen LogP) is 4.54. The Hall–Kier alpha value is -0.930. The van der Waals surface area contributed by atoms with Crippen LogP contribution >= 0.6 is 27.5 Å². The molecular formula is C13H14BrClN2. The maximum atomic E-state index is 6.12. The molecule has 0 aliphatic carbocycles. The van der Waals surface area contributed by atoms with Crippen molar-refractivity contribution in [3.05, 3.63) is 51.7 Å². The van der Waals surface area contributed by atoms with Gasteiger partial charge in [-0.2, -0.15) is 0 Å². The average molecular weight is 314 g/mol. The molecule has 0 bridgehead atoms. The first kappa shape index (κ1) is 12.5. The number of hydrogen-bond donors (Lipinski definition) is 1. The molecule has 1 aromatic carbocycles. The molecule has 17 heavy (non-hydrogen) atoms. The van der Waals surface area contributed by atoms with E-state index >= 15 is 0 Å². The molecule has 2 aromatic rings. The van der Waals surface area contributed by atoms with Gasteiger partial charge in [0.2, 0.25) is 0 Å². The molecule has 0 aliphatic rings. The van der Waals surface area contributed by atoms with Gasteiger partial charge in [0.15, 0.2) is 0 Å². The molecule has 1 heterocycles. The van der Waals surface area contributed by atoms with Crippen LogP contribution in [0.25, 0.3) is 0 Å². The van der Waals surface area contributed by atoms with E-state index in [0.717, 1.165) is 28.3 Å². The molecule has 2 rings (SSSR count). The summed E-state index contributed by atoms with van der Waals surface area (Å²) < 4.78 is 3.23. The molecule has 0 amide bonds. The molecule has 0 unspecified atom stereocenters. The smallest absolute Gasteiger partial charge is 0.0638 e. The number of halogens is 2. The maximum Gasteiger partial charge on any atom is 0.0638 e. The lowest BCUT2D eigenvalue weighted by Crippen LogP contribution is -2.06. The first-order valence-corrected chi connectivity index (χ1v) is 6.70. The van der Waals surface area contributed by atoms with Gasteiger partial charge in [-0.25, -0.2) is 0 Å². The van der Waals surface area contributed by atoms with Crippen LogP contribution in [0, 0.1) is 0 Å². The molecule has 1 aromatic heterocycles. The second-order valence-corrected chi connectivity index (χ2v) is 5.09. The Morgan fingerprint density at radius 2 is 2.18 bits per heavy atom. The summed E-state index contributed by atoms with van der Waals surface area (Å²) in [5, 5.41) is 4.09. The van der Waals surface area contributed by atoms with E-state index in [4.69, 9.17) is 11.6 Å². The van der Waals surface area contributed by atoms with E-state index in [0.29, 0.717) is 0 Å². The van der Waals surface area contributed by atoms with Crippen LogP contribution in [0.1, 0.15) is 12.6 Å². The SMILES string of the molecule is CCn1cccc1CNc1cc(Br)ccc1Cl. The summed E-state index contributed by atoms with van der Waals surface area (Å²) in [4.78, 5) is 0. The van der Waals surface area contributed by atoms with Crippen molar-refractivity contribution in [1.82, 2.24) is 4.57 Å². The Bertz CT molecular complexity index is 508.